The van der Waals surface area contributed by atoms with Crippen molar-refractivity contribution in [2.45, 2.75) is 51.3 Å². The van der Waals surface area contributed by atoms with E-state index < -0.39 is 0 Å². The summed E-state index contributed by atoms with van der Waals surface area (Å²) in [7, 11) is 1.84. The molecule has 3 aliphatic heterocycles. The van der Waals surface area contributed by atoms with E-state index in [9.17, 15) is 4.79 Å². The van der Waals surface area contributed by atoms with E-state index in [0.29, 0.717) is 6.61 Å². The van der Waals surface area contributed by atoms with Gasteiger partial charge in [0.2, 0.25) is 0 Å². The Morgan fingerprint density at radius 1 is 1.00 bits per heavy atom. The van der Waals surface area contributed by atoms with Gasteiger partial charge in [-0.1, -0.05) is 30.7 Å². The van der Waals surface area contributed by atoms with Gasteiger partial charge in [0, 0.05) is 52.9 Å². The van der Waals surface area contributed by atoms with Crippen LogP contribution < -0.4 is 5.32 Å². The summed E-state index contributed by atoms with van der Waals surface area (Å²) >= 11 is 0. The van der Waals surface area contributed by atoms with Crippen molar-refractivity contribution in [2.24, 2.45) is 4.99 Å². The molecule has 1 amide bonds. The maximum absolute atomic E-state index is 12.6. The molecule has 0 radical (unpaired) electrons. The van der Waals surface area contributed by atoms with Crippen molar-refractivity contribution in [1.29, 1.82) is 0 Å². The molecule has 8 heteroatoms. The number of ether oxygens (including phenoxy) is 1. The van der Waals surface area contributed by atoms with Gasteiger partial charge in [0.1, 0.15) is 6.10 Å². The second-order valence-electron chi connectivity index (χ2n) is 8.82. The van der Waals surface area contributed by atoms with Gasteiger partial charge in [-0.15, -0.1) is 24.0 Å². The first-order valence-corrected chi connectivity index (χ1v) is 11.9. The number of piperidine rings is 1. The summed E-state index contributed by atoms with van der Waals surface area (Å²) in [6.07, 6.45) is 5.62. The number of guanidine groups is 1. The Kier molecular flexibility index (Phi) is 10.1. The van der Waals surface area contributed by atoms with Crippen LogP contribution in [0.1, 0.15) is 43.2 Å². The molecule has 3 aliphatic rings. The third kappa shape index (κ3) is 6.57. The van der Waals surface area contributed by atoms with Crippen LogP contribution in [0.3, 0.4) is 0 Å². The van der Waals surface area contributed by atoms with Crippen molar-refractivity contribution in [3.8, 4) is 0 Å². The number of benzene rings is 1. The van der Waals surface area contributed by atoms with Crippen LogP contribution >= 0.6 is 24.0 Å². The first-order chi connectivity index (χ1) is 15.2. The molecular weight excluding hydrogens is 517 g/mol. The van der Waals surface area contributed by atoms with Gasteiger partial charge in [0.25, 0.3) is 5.91 Å². The highest BCUT2D eigenvalue weighted by Gasteiger charge is 2.30. The first-order valence-electron chi connectivity index (χ1n) is 11.9. The Balaban J connectivity index is 0.00000289. The van der Waals surface area contributed by atoms with Crippen LogP contribution in [0.4, 0.5) is 0 Å². The van der Waals surface area contributed by atoms with Crippen molar-refractivity contribution < 1.29 is 9.53 Å². The minimum Gasteiger partial charge on any atom is -0.368 e. The second kappa shape index (κ2) is 12.7. The Hall–Kier alpha value is -1.39. The highest BCUT2D eigenvalue weighted by molar-refractivity contribution is 14.0. The average Bonchev–Trinajstić information content (AvgIpc) is 3.36. The second-order valence-corrected chi connectivity index (χ2v) is 8.82. The predicted molar refractivity (Wildman–Crippen MR) is 138 cm³/mol. The maximum atomic E-state index is 12.6. The molecule has 4 rings (SSSR count). The third-order valence-electron chi connectivity index (χ3n) is 6.71. The van der Waals surface area contributed by atoms with Crippen LogP contribution in [0.2, 0.25) is 0 Å². The number of carbonyl (C=O) groups is 1. The summed E-state index contributed by atoms with van der Waals surface area (Å²) < 4.78 is 5.57. The highest BCUT2D eigenvalue weighted by Crippen LogP contribution is 2.17. The van der Waals surface area contributed by atoms with E-state index in [1.807, 2.05) is 11.9 Å². The minimum atomic E-state index is -0.222. The van der Waals surface area contributed by atoms with Crippen molar-refractivity contribution in [3.05, 3.63) is 35.4 Å². The molecule has 3 saturated heterocycles. The number of nitrogens with one attached hydrogen (secondary N) is 1. The van der Waals surface area contributed by atoms with E-state index in [4.69, 9.17) is 4.74 Å². The first kappa shape index (κ1) is 25.2. The molecule has 3 fully saturated rings. The summed E-state index contributed by atoms with van der Waals surface area (Å²) in [4.78, 5) is 23.9. The van der Waals surface area contributed by atoms with Crippen LogP contribution in [-0.4, -0.2) is 85.6 Å². The van der Waals surface area contributed by atoms with Gasteiger partial charge in [0.05, 0.1) is 0 Å². The number of halogens is 1. The van der Waals surface area contributed by atoms with E-state index in [1.165, 1.54) is 43.5 Å². The monoisotopic (exact) mass is 555 g/mol. The average molecular weight is 556 g/mol. The molecular formula is C24H38IN5O2. The molecule has 3 heterocycles. The number of nitrogens with zero attached hydrogens (tertiary/aromatic N) is 4. The lowest BCUT2D eigenvalue weighted by Crippen LogP contribution is -2.55. The molecule has 7 nitrogen and oxygen atoms in total. The molecule has 0 bridgehead atoms. The lowest BCUT2D eigenvalue weighted by molar-refractivity contribution is -0.142. The molecule has 0 saturated carbocycles. The van der Waals surface area contributed by atoms with E-state index in [0.717, 1.165) is 58.1 Å². The van der Waals surface area contributed by atoms with Gasteiger partial charge in [-0.3, -0.25) is 14.7 Å². The van der Waals surface area contributed by atoms with Crippen molar-refractivity contribution >= 4 is 35.8 Å². The lowest BCUT2D eigenvalue weighted by atomic mass is 10.0. The number of aliphatic imine (C=N–C) groups is 1. The van der Waals surface area contributed by atoms with E-state index >= 15 is 0 Å². The smallest absolute Gasteiger partial charge is 0.251 e. The predicted octanol–water partition coefficient (Wildman–Crippen LogP) is 2.69. The van der Waals surface area contributed by atoms with Gasteiger partial charge in [-0.05, 0) is 49.9 Å². The summed E-state index contributed by atoms with van der Waals surface area (Å²) in [5, 5.41) is 3.56. The van der Waals surface area contributed by atoms with E-state index in [1.54, 1.807) is 0 Å². The zero-order valence-electron chi connectivity index (χ0n) is 19.3. The number of hydrogen-bond acceptors (Lipinski definition) is 4. The van der Waals surface area contributed by atoms with Gasteiger partial charge < -0.3 is 19.9 Å². The van der Waals surface area contributed by atoms with E-state index in [2.05, 4.69) is 44.4 Å². The van der Waals surface area contributed by atoms with Crippen LogP contribution in [0.25, 0.3) is 0 Å². The molecule has 1 N–H and O–H groups in total. The molecule has 1 aromatic carbocycles. The van der Waals surface area contributed by atoms with Crippen LogP contribution in [0, 0.1) is 0 Å². The molecule has 0 aliphatic carbocycles. The fourth-order valence-corrected chi connectivity index (χ4v) is 4.86. The molecule has 1 atom stereocenters. The number of likely N-dealkylation sites (tertiary alicyclic amines) is 1. The van der Waals surface area contributed by atoms with E-state index in [-0.39, 0.29) is 36.0 Å². The number of hydrogen-bond donors (Lipinski definition) is 1. The van der Waals surface area contributed by atoms with Crippen molar-refractivity contribution in [3.63, 3.8) is 0 Å². The summed E-state index contributed by atoms with van der Waals surface area (Å²) in [6, 6.07) is 8.73. The normalized spacial score (nSPS) is 22.5. The Morgan fingerprint density at radius 2 is 1.69 bits per heavy atom. The van der Waals surface area contributed by atoms with Crippen molar-refractivity contribution in [1.82, 2.24) is 20.0 Å². The van der Waals surface area contributed by atoms with Gasteiger partial charge in [-0.25, -0.2) is 0 Å². The Morgan fingerprint density at radius 3 is 2.34 bits per heavy atom. The fourth-order valence-electron chi connectivity index (χ4n) is 4.86. The van der Waals surface area contributed by atoms with Crippen LogP contribution in [0.5, 0.6) is 0 Å². The molecule has 1 aromatic rings. The molecule has 1 unspecified atom stereocenters. The highest BCUT2D eigenvalue weighted by atomic mass is 127. The number of rotatable bonds is 5. The fraction of sp³-hybridized carbons (Fsp3) is 0.667. The van der Waals surface area contributed by atoms with Gasteiger partial charge >= 0.3 is 0 Å². The number of amides is 1. The summed E-state index contributed by atoms with van der Waals surface area (Å²) in [6.45, 7) is 7.98. The van der Waals surface area contributed by atoms with Gasteiger partial charge in [-0.2, -0.15) is 0 Å². The van der Waals surface area contributed by atoms with Crippen LogP contribution in [-0.2, 0) is 22.6 Å². The number of piperazine rings is 1. The Labute approximate surface area is 209 Å². The summed E-state index contributed by atoms with van der Waals surface area (Å²) in [5.74, 6) is 1.07. The minimum absolute atomic E-state index is 0. The molecule has 178 valence electrons. The largest absolute Gasteiger partial charge is 0.368 e. The zero-order chi connectivity index (χ0) is 21.5. The summed E-state index contributed by atoms with van der Waals surface area (Å²) in [5.41, 5.74) is 2.74. The third-order valence-corrected chi connectivity index (χ3v) is 6.71. The quantitative estimate of drug-likeness (QED) is 0.344. The number of carbonyl (C=O) groups excluding carboxylic acids is 1. The molecule has 0 aromatic heterocycles. The zero-order valence-corrected chi connectivity index (χ0v) is 21.6. The standard InChI is InChI=1S/C24H37N5O2.HI/c1-25-24(29-15-13-28(14-16-29)23(30)22-10-7-17-31-22)26-18-20-8-3-4-9-21(20)19-27-11-5-2-6-12-27;/h3-4,8-9,22H,2,5-7,10-19H2,1H3,(H,25,26);1H. The van der Waals surface area contributed by atoms with Crippen LogP contribution in [0.15, 0.2) is 29.3 Å². The molecule has 0 spiro atoms. The van der Waals surface area contributed by atoms with Gasteiger partial charge in [0.15, 0.2) is 5.96 Å². The SMILES string of the molecule is CN=C(NCc1ccccc1CN1CCCCC1)N1CCN(C(=O)C2CCCO2)CC1.I. The topological polar surface area (TPSA) is 60.4 Å². The lowest BCUT2D eigenvalue weighted by Gasteiger charge is -2.37. The Bertz CT molecular complexity index is 755. The van der Waals surface area contributed by atoms with Crippen molar-refractivity contribution in [2.75, 3.05) is 52.9 Å². The maximum Gasteiger partial charge on any atom is 0.251 e. The molecule has 32 heavy (non-hydrogen) atoms.